The summed E-state index contributed by atoms with van der Waals surface area (Å²) in [6.45, 7) is 1.91. The second-order valence-electron chi connectivity index (χ2n) is 4.40. The molecular formula is C16H11FOS. The molecule has 0 radical (unpaired) electrons. The molecule has 1 nitrogen and oxygen atoms in total. The molecule has 0 spiro atoms. The highest BCUT2D eigenvalue weighted by Gasteiger charge is 2.16. The molecule has 0 saturated carbocycles. The number of aryl methyl sites for hydroxylation is 1. The normalized spacial score (nSPS) is 10.8. The van der Waals surface area contributed by atoms with Crippen LogP contribution < -0.4 is 0 Å². The van der Waals surface area contributed by atoms with E-state index >= 15 is 0 Å². The number of halogens is 1. The van der Waals surface area contributed by atoms with Crippen LogP contribution in [0.3, 0.4) is 0 Å². The minimum absolute atomic E-state index is 0.0382. The van der Waals surface area contributed by atoms with E-state index in [1.807, 2.05) is 24.4 Å². The van der Waals surface area contributed by atoms with Gasteiger partial charge in [-0.1, -0.05) is 24.3 Å². The van der Waals surface area contributed by atoms with Crippen molar-refractivity contribution < 1.29 is 9.18 Å². The average Bonchev–Trinajstić information content (AvgIpc) is 2.85. The van der Waals surface area contributed by atoms with Crippen molar-refractivity contribution in [3.63, 3.8) is 0 Å². The molecule has 0 bridgehead atoms. The molecule has 1 heterocycles. The fraction of sp³-hybridized carbons (Fsp3) is 0.0625. The van der Waals surface area contributed by atoms with Gasteiger partial charge in [-0.2, -0.15) is 0 Å². The standard InChI is InChI=1S/C16H11FOS/c1-10-8-9-19-16(10)15(18)13-6-7-14(17)12-5-3-2-4-11(12)13/h2-9H,1H3. The number of carbonyl (C=O) groups is 1. The number of ketones is 1. The Labute approximate surface area is 114 Å². The molecule has 0 amide bonds. The van der Waals surface area contributed by atoms with Gasteiger partial charge < -0.3 is 0 Å². The van der Waals surface area contributed by atoms with Crippen molar-refractivity contribution >= 4 is 27.9 Å². The van der Waals surface area contributed by atoms with Gasteiger partial charge in [0.25, 0.3) is 0 Å². The second kappa shape index (κ2) is 4.59. The van der Waals surface area contributed by atoms with E-state index in [4.69, 9.17) is 0 Å². The highest BCUT2D eigenvalue weighted by atomic mass is 32.1. The van der Waals surface area contributed by atoms with Crippen molar-refractivity contribution in [3.8, 4) is 0 Å². The lowest BCUT2D eigenvalue weighted by Gasteiger charge is -2.06. The summed E-state index contributed by atoms with van der Waals surface area (Å²) in [6.07, 6.45) is 0. The van der Waals surface area contributed by atoms with E-state index in [2.05, 4.69) is 0 Å². The van der Waals surface area contributed by atoms with E-state index in [0.29, 0.717) is 16.3 Å². The Balaban J connectivity index is 2.24. The predicted molar refractivity (Wildman–Crippen MR) is 76.4 cm³/mol. The third-order valence-electron chi connectivity index (χ3n) is 3.18. The predicted octanol–water partition coefficient (Wildman–Crippen LogP) is 4.58. The topological polar surface area (TPSA) is 17.1 Å². The Bertz CT molecular complexity index is 773. The van der Waals surface area contributed by atoms with Crippen LogP contribution >= 0.6 is 11.3 Å². The number of hydrogen-bond acceptors (Lipinski definition) is 2. The Morgan fingerprint density at radius 1 is 1.05 bits per heavy atom. The highest BCUT2D eigenvalue weighted by molar-refractivity contribution is 7.12. The first-order chi connectivity index (χ1) is 9.18. The number of benzene rings is 2. The molecule has 0 N–H and O–H groups in total. The number of fused-ring (bicyclic) bond motifs is 1. The average molecular weight is 270 g/mol. The van der Waals surface area contributed by atoms with Crippen LogP contribution in [0.4, 0.5) is 4.39 Å². The molecule has 1 aromatic heterocycles. The van der Waals surface area contributed by atoms with Crippen LogP contribution in [0.2, 0.25) is 0 Å². The lowest BCUT2D eigenvalue weighted by atomic mass is 9.99. The van der Waals surface area contributed by atoms with Crippen molar-refractivity contribution in [2.24, 2.45) is 0 Å². The summed E-state index contributed by atoms with van der Waals surface area (Å²) < 4.78 is 13.7. The highest BCUT2D eigenvalue weighted by Crippen LogP contribution is 2.26. The molecule has 0 aliphatic rings. The molecule has 94 valence electrons. The van der Waals surface area contributed by atoms with Gasteiger partial charge in [0.2, 0.25) is 5.78 Å². The molecule has 0 aliphatic heterocycles. The first kappa shape index (κ1) is 12.1. The third kappa shape index (κ3) is 1.96. The Hall–Kier alpha value is -2.00. The van der Waals surface area contributed by atoms with Crippen molar-refractivity contribution in [1.82, 2.24) is 0 Å². The van der Waals surface area contributed by atoms with Gasteiger partial charge in [0.1, 0.15) is 5.82 Å². The van der Waals surface area contributed by atoms with Gasteiger partial charge in [0.15, 0.2) is 0 Å². The first-order valence-corrected chi connectivity index (χ1v) is 6.82. The molecule has 0 unspecified atom stereocenters. The maximum atomic E-state index is 13.7. The van der Waals surface area contributed by atoms with Crippen molar-refractivity contribution in [1.29, 1.82) is 0 Å². The van der Waals surface area contributed by atoms with Gasteiger partial charge in [-0.05, 0) is 41.5 Å². The molecule has 3 heteroatoms. The van der Waals surface area contributed by atoms with Crippen LogP contribution in [0, 0.1) is 12.7 Å². The van der Waals surface area contributed by atoms with Crippen LogP contribution in [0.15, 0.2) is 47.8 Å². The van der Waals surface area contributed by atoms with Crippen molar-refractivity contribution in [2.75, 3.05) is 0 Å². The summed E-state index contributed by atoms with van der Waals surface area (Å²) in [7, 11) is 0. The zero-order valence-electron chi connectivity index (χ0n) is 10.3. The van der Waals surface area contributed by atoms with Crippen LogP contribution in [-0.4, -0.2) is 5.78 Å². The summed E-state index contributed by atoms with van der Waals surface area (Å²) in [5.74, 6) is -0.334. The van der Waals surface area contributed by atoms with Crippen LogP contribution in [-0.2, 0) is 0 Å². The maximum Gasteiger partial charge on any atom is 0.203 e. The number of thiophene rings is 1. The van der Waals surface area contributed by atoms with E-state index in [9.17, 15) is 9.18 Å². The number of rotatable bonds is 2. The molecule has 19 heavy (non-hydrogen) atoms. The summed E-state index contributed by atoms with van der Waals surface area (Å²) in [6, 6.07) is 11.9. The van der Waals surface area contributed by atoms with Gasteiger partial charge in [-0.25, -0.2) is 4.39 Å². The fourth-order valence-electron chi connectivity index (χ4n) is 2.19. The van der Waals surface area contributed by atoms with E-state index in [-0.39, 0.29) is 11.6 Å². The quantitative estimate of drug-likeness (QED) is 0.623. The molecule has 0 aliphatic carbocycles. The Morgan fingerprint density at radius 2 is 1.79 bits per heavy atom. The zero-order chi connectivity index (χ0) is 13.4. The monoisotopic (exact) mass is 270 g/mol. The molecule has 3 rings (SSSR count). The summed E-state index contributed by atoms with van der Waals surface area (Å²) >= 11 is 1.42. The van der Waals surface area contributed by atoms with Gasteiger partial charge >= 0.3 is 0 Å². The maximum absolute atomic E-state index is 13.7. The van der Waals surface area contributed by atoms with Gasteiger partial charge in [0, 0.05) is 10.9 Å². The van der Waals surface area contributed by atoms with Gasteiger partial charge in [0.05, 0.1) is 4.88 Å². The molecule has 3 aromatic rings. The second-order valence-corrected chi connectivity index (χ2v) is 5.32. The molecule has 0 atom stereocenters. The Morgan fingerprint density at radius 3 is 2.47 bits per heavy atom. The zero-order valence-corrected chi connectivity index (χ0v) is 11.1. The minimum Gasteiger partial charge on any atom is -0.288 e. The molecule has 0 saturated heterocycles. The smallest absolute Gasteiger partial charge is 0.203 e. The number of hydrogen-bond donors (Lipinski definition) is 0. The SMILES string of the molecule is Cc1ccsc1C(=O)c1ccc(F)c2ccccc12. The van der Waals surface area contributed by atoms with E-state index < -0.39 is 0 Å². The minimum atomic E-state index is -0.296. The lowest BCUT2D eigenvalue weighted by molar-refractivity contribution is 0.104. The lowest BCUT2D eigenvalue weighted by Crippen LogP contribution is -2.02. The summed E-state index contributed by atoms with van der Waals surface area (Å²) in [4.78, 5) is 13.3. The molecule has 2 aromatic carbocycles. The van der Waals surface area contributed by atoms with Crippen LogP contribution in [0.25, 0.3) is 10.8 Å². The van der Waals surface area contributed by atoms with Crippen molar-refractivity contribution in [2.45, 2.75) is 6.92 Å². The first-order valence-electron chi connectivity index (χ1n) is 5.94. The summed E-state index contributed by atoms with van der Waals surface area (Å²) in [5.41, 5.74) is 1.52. The Kier molecular flexibility index (Phi) is 2.91. The van der Waals surface area contributed by atoms with E-state index in [0.717, 1.165) is 10.4 Å². The molecule has 0 fully saturated rings. The summed E-state index contributed by atoms with van der Waals surface area (Å²) in [5, 5.41) is 3.05. The third-order valence-corrected chi connectivity index (χ3v) is 4.20. The van der Waals surface area contributed by atoms with Gasteiger partial charge in [-0.3, -0.25) is 4.79 Å². The van der Waals surface area contributed by atoms with Crippen molar-refractivity contribution in [3.05, 3.63) is 69.7 Å². The largest absolute Gasteiger partial charge is 0.288 e. The van der Waals surface area contributed by atoms with Gasteiger partial charge in [-0.15, -0.1) is 11.3 Å². The van der Waals surface area contributed by atoms with Crippen LogP contribution in [0.1, 0.15) is 20.8 Å². The van der Waals surface area contributed by atoms with Crippen LogP contribution in [0.5, 0.6) is 0 Å². The van der Waals surface area contributed by atoms with E-state index in [1.54, 1.807) is 24.3 Å². The number of carbonyl (C=O) groups excluding carboxylic acids is 1. The molecular weight excluding hydrogens is 259 g/mol. The fourth-order valence-corrected chi connectivity index (χ4v) is 3.07. The van der Waals surface area contributed by atoms with E-state index in [1.165, 1.54) is 17.4 Å².